The first-order valence-corrected chi connectivity index (χ1v) is 6.63. The van der Waals surface area contributed by atoms with Crippen molar-refractivity contribution in [2.24, 2.45) is 0 Å². The summed E-state index contributed by atoms with van der Waals surface area (Å²) < 4.78 is 24.0. The van der Waals surface area contributed by atoms with Crippen molar-refractivity contribution < 1.29 is 13.3 Å². The normalized spacial score (nSPS) is 11.3. The number of nitro groups is 1. The van der Waals surface area contributed by atoms with Gasteiger partial charge in [-0.25, -0.2) is 13.4 Å². The van der Waals surface area contributed by atoms with Crippen LogP contribution in [0.2, 0.25) is 0 Å². The van der Waals surface area contributed by atoms with Gasteiger partial charge in [0.1, 0.15) is 4.21 Å². The number of non-ortho nitro benzene ring substituents is 1. The number of aromatic nitrogens is 1. The van der Waals surface area contributed by atoms with Crippen LogP contribution < -0.4 is 0 Å². The second kappa shape index (κ2) is 4.22. The largest absolute Gasteiger partial charge is 0.269 e. The Morgan fingerprint density at radius 1 is 1.29 bits per heavy atom. The third kappa shape index (κ3) is 2.17. The van der Waals surface area contributed by atoms with Crippen LogP contribution >= 0.6 is 11.3 Å². The molecule has 87 valence electrons. The lowest BCUT2D eigenvalue weighted by Crippen LogP contribution is -1.99. The minimum atomic E-state index is -3.64. The van der Waals surface area contributed by atoms with Crippen LogP contribution in [0.1, 0.15) is 0 Å². The number of benzene rings is 1. The van der Waals surface area contributed by atoms with Gasteiger partial charge >= 0.3 is 0 Å². The van der Waals surface area contributed by atoms with Gasteiger partial charge in [0.05, 0.1) is 16.0 Å². The standard InChI is InChI=1S/C9H5N2O4S2/c12-11(13)7-1-3-8(4-2-7)17(14,15)9-5-10-6-16-9/h1-5H. The van der Waals surface area contributed by atoms with Gasteiger partial charge in [-0.3, -0.25) is 10.1 Å². The van der Waals surface area contributed by atoms with Crippen molar-refractivity contribution in [1.29, 1.82) is 0 Å². The number of thiazole rings is 1. The van der Waals surface area contributed by atoms with Gasteiger partial charge in [0.2, 0.25) is 9.84 Å². The van der Waals surface area contributed by atoms with Crippen LogP contribution in [-0.4, -0.2) is 18.3 Å². The summed E-state index contributed by atoms with van der Waals surface area (Å²) in [5.41, 5.74) is 2.29. The van der Waals surface area contributed by atoms with E-state index in [-0.39, 0.29) is 14.8 Å². The minimum absolute atomic E-state index is 0.000694. The molecule has 0 unspecified atom stereocenters. The quantitative estimate of drug-likeness (QED) is 0.624. The highest BCUT2D eigenvalue weighted by molar-refractivity contribution is 7.93. The molecule has 0 spiro atoms. The molecule has 0 aliphatic rings. The molecule has 1 aromatic carbocycles. The summed E-state index contributed by atoms with van der Waals surface area (Å²) in [4.78, 5) is 13.4. The fraction of sp³-hybridized carbons (Fsp3) is 0. The predicted octanol–water partition coefficient (Wildman–Crippen LogP) is 1.68. The predicted molar refractivity (Wildman–Crippen MR) is 59.5 cm³/mol. The van der Waals surface area contributed by atoms with Gasteiger partial charge in [-0.2, -0.15) is 0 Å². The Kier molecular flexibility index (Phi) is 2.90. The zero-order valence-corrected chi connectivity index (χ0v) is 9.86. The minimum Gasteiger partial charge on any atom is -0.258 e. The first-order chi connectivity index (χ1) is 8.01. The van der Waals surface area contributed by atoms with Crippen molar-refractivity contribution in [3.05, 3.63) is 46.1 Å². The number of sulfone groups is 1. The van der Waals surface area contributed by atoms with Gasteiger partial charge in [0, 0.05) is 12.1 Å². The maximum atomic E-state index is 12.0. The van der Waals surface area contributed by atoms with Crippen LogP contribution in [0.3, 0.4) is 0 Å². The molecule has 0 amide bonds. The van der Waals surface area contributed by atoms with Gasteiger partial charge < -0.3 is 0 Å². The van der Waals surface area contributed by atoms with Crippen molar-refractivity contribution in [2.75, 3.05) is 0 Å². The summed E-state index contributed by atoms with van der Waals surface area (Å²) in [6, 6.07) is 4.70. The second-order valence-corrected chi connectivity index (χ2v) is 6.03. The SMILES string of the molecule is O=[N+]([O-])c1ccc(S(=O)(=O)c2cn[c]s2)cc1. The molecule has 0 bridgehead atoms. The maximum absolute atomic E-state index is 12.0. The van der Waals surface area contributed by atoms with E-state index in [9.17, 15) is 18.5 Å². The molecule has 0 atom stereocenters. The van der Waals surface area contributed by atoms with Crippen LogP contribution in [0.4, 0.5) is 5.69 Å². The number of hydrogen-bond donors (Lipinski definition) is 0. The molecule has 17 heavy (non-hydrogen) atoms. The van der Waals surface area contributed by atoms with Crippen LogP contribution in [0.15, 0.2) is 39.6 Å². The number of hydrogen-bond acceptors (Lipinski definition) is 6. The van der Waals surface area contributed by atoms with Gasteiger partial charge in [-0.05, 0) is 12.1 Å². The molecule has 2 rings (SSSR count). The number of nitro benzene ring substituents is 1. The molecule has 0 fully saturated rings. The molecule has 0 saturated carbocycles. The molecule has 1 heterocycles. The van der Waals surface area contributed by atoms with Crippen LogP contribution in [-0.2, 0) is 9.84 Å². The van der Waals surface area contributed by atoms with Crippen LogP contribution in [0.5, 0.6) is 0 Å². The highest BCUT2D eigenvalue weighted by Crippen LogP contribution is 2.24. The summed E-state index contributed by atoms with van der Waals surface area (Å²) >= 11 is 0.877. The average Bonchev–Trinajstić information content (AvgIpc) is 2.83. The molecule has 0 N–H and O–H groups in total. The fourth-order valence-electron chi connectivity index (χ4n) is 1.16. The van der Waals surface area contributed by atoms with Crippen LogP contribution in [0, 0.1) is 15.6 Å². The Labute approximate surface area is 101 Å². The molecule has 6 nitrogen and oxygen atoms in total. The zero-order chi connectivity index (χ0) is 12.5. The first kappa shape index (κ1) is 11.7. The van der Waals surface area contributed by atoms with E-state index in [1.165, 1.54) is 18.3 Å². The fourth-order valence-corrected chi connectivity index (χ4v) is 3.22. The lowest BCUT2D eigenvalue weighted by Gasteiger charge is -2.00. The number of rotatable bonds is 3. The topological polar surface area (TPSA) is 90.2 Å². The Balaban J connectivity index is 2.45. The lowest BCUT2D eigenvalue weighted by atomic mass is 10.3. The summed E-state index contributed by atoms with van der Waals surface area (Å²) in [6.45, 7) is 0. The molecule has 0 aliphatic carbocycles. The average molecular weight is 269 g/mol. The summed E-state index contributed by atoms with van der Waals surface area (Å²) in [5, 5.41) is 10.4. The van der Waals surface area contributed by atoms with E-state index in [0.29, 0.717) is 0 Å². The van der Waals surface area contributed by atoms with Crippen molar-refractivity contribution >= 4 is 26.9 Å². The third-order valence-corrected chi connectivity index (χ3v) is 4.93. The maximum Gasteiger partial charge on any atom is 0.269 e. The van der Waals surface area contributed by atoms with E-state index in [4.69, 9.17) is 0 Å². The number of nitrogens with zero attached hydrogens (tertiary/aromatic N) is 2. The smallest absolute Gasteiger partial charge is 0.258 e. The van der Waals surface area contributed by atoms with Crippen molar-refractivity contribution in [1.82, 2.24) is 4.98 Å². The van der Waals surface area contributed by atoms with Crippen molar-refractivity contribution in [3.8, 4) is 0 Å². The Bertz CT molecular complexity index is 632. The van der Waals surface area contributed by atoms with E-state index in [1.807, 2.05) is 0 Å². The van der Waals surface area contributed by atoms with Gasteiger partial charge in [-0.1, -0.05) is 11.3 Å². The highest BCUT2D eigenvalue weighted by Gasteiger charge is 2.20. The van der Waals surface area contributed by atoms with Gasteiger partial charge in [0.25, 0.3) is 5.69 Å². The Hall–Kier alpha value is -1.80. The summed E-state index contributed by atoms with van der Waals surface area (Å²) in [7, 11) is -3.64. The molecule has 8 heteroatoms. The molecule has 0 aliphatic heterocycles. The Morgan fingerprint density at radius 3 is 2.41 bits per heavy atom. The first-order valence-electron chi connectivity index (χ1n) is 4.33. The molecular weight excluding hydrogens is 264 g/mol. The third-order valence-electron chi connectivity index (χ3n) is 1.99. The highest BCUT2D eigenvalue weighted by atomic mass is 32.2. The van der Waals surface area contributed by atoms with Crippen molar-refractivity contribution in [2.45, 2.75) is 9.10 Å². The lowest BCUT2D eigenvalue weighted by molar-refractivity contribution is -0.384. The van der Waals surface area contributed by atoms with Crippen molar-refractivity contribution in [3.63, 3.8) is 0 Å². The molecule has 2 aromatic rings. The van der Waals surface area contributed by atoms with E-state index in [0.717, 1.165) is 23.5 Å². The Morgan fingerprint density at radius 2 is 1.94 bits per heavy atom. The molecular formula is C9H5N2O4S2. The zero-order valence-electron chi connectivity index (χ0n) is 8.23. The van der Waals surface area contributed by atoms with E-state index >= 15 is 0 Å². The second-order valence-electron chi connectivity index (χ2n) is 3.03. The molecule has 1 radical (unpaired) electrons. The van der Waals surface area contributed by atoms with E-state index in [2.05, 4.69) is 10.5 Å². The summed E-state index contributed by atoms with van der Waals surface area (Å²) in [5.74, 6) is 0. The van der Waals surface area contributed by atoms with Gasteiger partial charge in [-0.15, -0.1) is 0 Å². The summed E-state index contributed by atoms with van der Waals surface area (Å²) in [6.07, 6.45) is 1.20. The van der Waals surface area contributed by atoms with Gasteiger partial charge in [0.15, 0.2) is 5.51 Å². The van der Waals surface area contributed by atoms with Crippen LogP contribution in [0.25, 0.3) is 0 Å². The monoisotopic (exact) mass is 269 g/mol. The van der Waals surface area contributed by atoms with E-state index in [1.54, 1.807) is 0 Å². The molecule has 0 saturated heterocycles. The van der Waals surface area contributed by atoms with E-state index < -0.39 is 14.8 Å². The molecule has 1 aromatic heterocycles.